The fraction of sp³-hybridized carbons (Fsp3) is 0.343. The third-order valence-electron chi connectivity index (χ3n) is 8.27. The highest BCUT2D eigenvalue weighted by molar-refractivity contribution is 7.90. The Morgan fingerprint density at radius 1 is 1.05 bits per heavy atom. The molecule has 1 aliphatic carbocycles. The van der Waals surface area contributed by atoms with Crippen molar-refractivity contribution in [2.24, 2.45) is 5.92 Å². The quantitative estimate of drug-likeness (QED) is 0.122. The van der Waals surface area contributed by atoms with Gasteiger partial charge in [0.1, 0.15) is 6.23 Å². The summed E-state index contributed by atoms with van der Waals surface area (Å²) in [4.78, 5) is 12.1. The van der Waals surface area contributed by atoms with Crippen molar-refractivity contribution in [1.82, 2.24) is 5.43 Å². The lowest BCUT2D eigenvalue weighted by molar-refractivity contribution is -0.137. The number of halogens is 1. The van der Waals surface area contributed by atoms with Gasteiger partial charge in [0, 0.05) is 24.5 Å². The number of nitrogens with one attached hydrogen (secondary N) is 1. The van der Waals surface area contributed by atoms with Crippen molar-refractivity contribution in [1.29, 1.82) is 0 Å². The van der Waals surface area contributed by atoms with E-state index in [0.717, 1.165) is 65.6 Å². The first-order chi connectivity index (χ1) is 21.2. The lowest BCUT2D eigenvalue weighted by Crippen LogP contribution is -2.45. The molecule has 230 valence electrons. The maximum atomic E-state index is 15.6. The van der Waals surface area contributed by atoms with Crippen LogP contribution in [0.5, 0.6) is 0 Å². The number of carbonyl (C=O) groups excluding carboxylic acids is 1. The zero-order valence-corrected chi connectivity index (χ0v) is 25.8. The second-order valence-corrected chi connectivity index (χ2v) is 13.5. The van der Waals surface area contributed by atoms with E-state index in [1.54, 1.807) is 30.1 Å². The van der Waals surface area contributed by atoms with Crippen LogP contribution in [0.3, 0.4) is 0 Å². The summed E-state index contributed by atoms with van der Waals surface area (Å²) in [6.45, 7) is 2.71. The number of nitrogens with zero attached hydrogens (tertiary/aromatic N) is 1. The van der Waals surface area contributed by atoms with Crippen LogP contribution in [0, 0.1) is 5.92 Å². The first-order valence-electron chi connectivity index (χ1n) is 15.2. The lowest BCUT2D eigenvalue weighted by Gasteiger charge is -2.32. The van der Waals surface area contributed by atoms with Gasteiger partial charge < -0.3 is 9.47 Å². The molecule has 3 aliphatic rings. The molecule has 7 nitrogen and oxygen atoms in total. The fourth-order valence-corrected chi connectivity index (χ4v) is 7.00. The molecule has 6 rings (SSSR count). The predicted molar refractivity (Wildman–Crippen MR) is 170 cm³/mol. The molecule has 0 amide bonds. The molecule has 2 aliphatic heterocycles. The van der Waals surface area contributed by atoms with E-state index in [4.69, 9.17) is 9.47 Å². The second kappa shape index (κ2) is 12.7. The molecular formula is C35H37FN2O5S. The van der Waals surface area contributed by atoms with Gasteiger partial charge in [0.15, 0.2) is 16.1 Å². The standard InChI is InChI=1S/C35H37FN2O5S/c1-3-42-32(39)20-13-23-11-14-24(15-12-23)33(34(25-16-17-25)27-8-4-5-9-30(27)44(2,40)41)26-18-19-29-28(22-26)35(36)37-38(29)31-10-6-7-21-43-31/h4-5,8-9,11-15,18-20,22,25,31,35,37H,3,6-7,10,16-17,21H2,1-2H3/b20-13+,34-33+. The minimum Gasteiger partial charge on any atom is -0.463 e. The lowest BCUT2D eigenvalue weighted by atomic mass is 9.86. The highest BCUT2D eigenvalue weighted by atomic mass is 32.2. The molecule has 0 spiro atoms. The second-order valence-electron chi connectivity index (χ2n) is 11.5. The van der Waals surface area contributed by atoms with Crippen molar-refractivity contribution in [2.45, 2.75) is 56.4 Å². The highest BCUT2D eigenvalue weighted by Gasteiger charge is 2.36. The molecule has 0 aromatic heterocycles. The van der Waals surface area contributed by atoms with Gasteiger partial charge in [-0.05, 0) is 103 Å². The van der Waals surface area contributed by atoms with E-state index in [0.29, 0.717) is 24.3 Å². The predicted octanol–water partition coefficient (Wildman–Crippen LogP) is 6.85. The summed E-state index contributed by atoms with van der Waals surface area (Å²) in [6, 6.07) is 20.7. The van der Waals surface area contributed by atoms with Crippen LogP contribution in [0.1, 0.15) is 73.1 Å². The molecule has 9 heteroatoms. The molecule has 1 saturated heterocycles. The van der Waals surface area contributed by atoms with Crippen LogP contribution in [0.2, 0.25) is 0 Å². The molecule has 0 bridgehead atoms. The van der Waals surface area contributed by atoms with Crippen LogP contribution in [0.25, 0.3) is 17.2 Å². The van der Waals surface area contributed by atoms with Gasteiger partial charge in [0.25, 0.3) is 0 Å². The minimum atomic E-state index is -3.52. The van der Waals surface area contributed by atoms with E-state index in [1.807, 2.05) is 54.6 Å². The number of esters is 1. The molecular weight excluding hydrogens is 579 g/mol. The number of hydrogen-bond donors (Lipinski definition) is 1. The largest absolute Gasteiger partial charge is 0.463 e. The van der Waals surface area contributed by atoms with Crippen LogP contribution in [-0.2, 0) is 24.1 Å². The number of rotatable bonds is 9. The number of alkyl halides is 1. The van der Waals surface area contributed by atoms with Crippen LogP contribution in [-0.4, -0.2) is 40.1 Å². The number of carbonyl (C=O) groups is 1. The third-order valence-corrected chi connectivity index (χ3v) is 9.43. The normalized spacial score (nSPS) is 20.8. The summed E-state index contributed by atoms with van der Waals surface area (Å²) in [7, 11) is -3.52. The van der Waals surface area contributed by atoms with Crippen molar-refractivity contribution in [2.75, 3.05) is 24.5 Å². The third kappa shape index (κ3) is 6.36. The maximum Gasteiger partial charge on any atom is 0.330 e. The summed E-state index contributed by atoms with van der Waals surface area (Å²) in [5.41, 5.74) is 9.20. The van der Waals surface area contributed by atoms with Crippen LogP contribution >= 0.6 is 0 Å². The Morgan fingerprint density at radius 2 is 1.80 bits per heavy atom. The molecule has 2 heterocycles. The zero-order valence-electron chi connectivity index (χ0n) is 25.0. The monoisotopic (exact) mass is 616 g/mol. The molecule has 44 heavy (non-hydrogen) atoms. The Bertz CT molecular complexity index is 1710. The number of anilines is 1. The van der Waals surface area contributed by atoms with E-state index in [1.165, 1.54) is 12.3 Å². The van der Waals surface area contributed by atoms with Gasteiger partial charge in [-0.1, -0.05) is 48.5 Å². The van der Waals surface area contributed by atoms with Gasteiger partial charge in [0.2, 0.25) is 0 Å². The van der Waals surface area contributed by atoms with Gasteiger partial charge in [-0.15, -0.1) is 0 Å². The molecule has 0 radical (unpaired) electrons. The van der Waals surface area contributed by atoms with E-state index >= 15 is 4.39 Å². The number of hydrazine groups is 1. The molecule has 2 atom stereocenters. The number of fused-ring (bicyclic) bond motifs is 1. The van der Waals surface area contributed by atoms with Gasteiger partial charge in [-0.3, -0.25) is 5.01 Å². The summed E-state index contributed by atoms with van der Waals surface area (Å²) >= 11 is 0. The number of hydrogen-bond acceptors (Lipinski definition) is 7. The summed E-state index contributed by atoms with van der Waals surface area (Å²) < 4.78 is 52.4. The Kier molecular flexibility index (Phi) is 8.71. The Labute approximate surface area is 258 Å². The van der Waals surface area contributed by atoms with E-state index in [9.17, 15) is 13.2 Å². The van der Waals surface area contributed by atoms with Gasteiger partial charge >= 0.3 is 5.97 Å². The molecule has 1 N–H and O–H groups in total. The van der Waals surface area contributed by atoms with Crippen molar-refractivity contribution in [3.63, 3.8) is 0 Å². The van der Waals surface area contributed by atoms with Crippen molar-refractivity contribution >= 4 is 38.7 Å². The first kappa shape index (κ1) is 30.2. The average Bonchev–Trinajstić information content (AvgIpc) is 3.81. The number of allylic oxidation sites excluding steroid dienone is 1. The fourth-order valence-electron chi connectivity index (χ4n) is 6.10. The first-order valence-corrected chi connectivity index (χ1v) is 17.1. The molecule has 1 saturated carbocycles. The maximum absolute atomic E-state index is 15.6. The van der Waals surface area contributed by atoms with Crippen LogP contribution < -0.4 is 10.4 Å². The van der Waals surface area contributed by atoms with Crippen LogP contribution in [0.15, 0.2) is 77.7 Å². The molecule has 3 aromatic rings. The van der Waals surface area contributed by atoms with Gasteiger partial charge in [-0.25, -0.2) is 17.6 Å². The Balaban J connectivity index is 1.50. The zero-order chi connectivity index (χ0) is 30.8. The smallest absolute Gasteiger partial charge is 0.330 e. The molecule has 2 fully saturated rings. The van der Waals surface area contributed by atoms with Gasteiger partial charge in [0.05, 0.1) is 17.2 Å². The Morgan fingerprint density at radius 3 is 2.48 bits per heavy atom. The van der Waals surface area contributed by atoms with Crippen molar-refractivity contribution < 1.29 is 27.1 Å². The van der Waals surface area contributed by atoms with E-state index < -0.39 is 22.1 Å². The van der Waals surface area contributed by atoms with E-state index in [2.05, 4.69) is 5.43 Å². The van der Waals surface area contributed by atoms with Crippen molar-refractivity contribution in [3.8, 4) is 0 Å². The summed E-state index contributed by atoms with van der Waals surface area (Å²) in [5, 5.41) is 1.80. The molecule has 2 unspecified atom stereocenters. The average molecular weight is 617 g/mol. The van der Waals surface area contributed by atoms with E-state index in [-0.39, 0.29) is 17.0 Å². The molecule has 3 aromatic carbocycles. The van der Waals surface area contributed by atoms with Gasteiger partial charge in [-0.2, -0.15) is 5.43 Å². The summed E-state index contributed by atoms with van der Waals surface area (Å²) in [5.74, 6) is -0.248. The Hall–Kier alpha value is -3.79. The van der Waals surface area contributed by atoms with Crippen molar-refractivity contribution in [3.05, 3.63) is 101 Å². The topological polar surface area (TPSA) is 84.9 Å². The summed E-state index contributed by atoms with van der Waals surface area (Å²) in [6.07, 6.45) is 7.39. The highest BCUT2D eigenvalue weighted by Crippen LogP contribution is 2.50. The minimum absolute atomic E-state index is 0.163. The van der Waals surface area contributed by atoms with Crippen LogP contribution in [0.4, 0.5) is 10.1 Å². The number of ether oxygens (including phenoxy) is 2. The number of sulfone groups is 1. The number of benzene rings is 3. The SMILES string of the molecule is CCOC(=O)/C=C/c1ccc(/C(=C(\c2ccccc2S(C)(=O)=O)C2CC2)c2ccc3c(c2)C(F)NN3C2CCCCO2)cc1.